The smallest absolute Gasteiger partial charge is 0.0991 e. The normalized spacial score (nSPS) is 10.6. The second-order valence-electron chi connectivity index (χ2n) is 6.13. The summed E-state index contributed by atoms with van der Waals surface area (Å²) in [5.74, 6) is 0. The number of nitriles is 1. The van der Waals surface area contributed by atoms with Gasteiger partial charge in [0.15, 0.2) is 0 Å². The molecule has 124 valence electrons. The third-order valence-corrected chi connectivity index (χ3v) is 5.37. The van der Waals surface area contributed by atoms with Gasteiger partial charge in [-0.3, -0.25) is 0 Å². The van der Waals surface area contributed by atoms with Crippen LogP contribution < -0.4 is 0 Å². The molecule has 0 fully saturated rings. The van der Waals surface area contributed by atoms with Gasteiger partial charge in [-0.2, -0.15) is 5.26 Å². The molecule has 0 spiro atoms. The molecule has 0 bridgehead atoms. The summed E-state index contributed by atoms with van der Waals surface area (Å²) >= 11 is 1.75. The van der Waals surface area contributed by atoms with Gasteiger partial charge >= 0.3 is 0 Å². The molecule has 4 rings (SSSR count). The van der Waals surface area contributed by atoms with Gasteiger partial charge in [-0.15, -0.1) is 11.8 Å². The summed E-state index contributed by atoms with van der Waals surface area (Å²) in [6, 6.07) is 31.6. The summed E-state index contributed by atoms with van der Waals surface area (Å²) in [6.07, 6.45) is 2.09. The lowest BCUT2D eigenvalue weighted by atomic mass is 9.91. The van der Waals surface area contributed by atoms with Gasteiger partial charge in [-0.05, 0) is 63.5 Å². The second-order valence-corrected chi connectivity index (χ2v) is 7.01. The fourth-order valence-corrected chi connectivity index (χ4v) is 3.73. The van der Waals surface area contributed by atoms with Crippen LogP contribution in [0.4, 0.5) is 0 Å². The predicted molar refractivity (Wildman–Crippen MR) is 111 cm³/mol. The highest BCUT2D eigenvalue weighted by molar-refractivity contribution is 7.98. The average molecular weight is 351 g/mol. The first-order chi connectivity index (χ1) is 12.8. The first-order valence-corrected chi connectivity index (χ1v) is 9.69. The van der Waals surface area contributed by atoms with Crippen molar-refractivity contribution in [3.8, 4) is 28.3 Å². The molecule has 0 aliphatic carbocycles. The maximum atomic E-state index is 9.05. The molecule has 0 atom stereocenters. The summed E-state index contributed by atoms with van der Waals surface area (Å²) in [5.41, 5.74) is 5.45. The van der Waals surface area contributed by atoms with Gasteiger partial charge in [0.25, 0.3) is 0 Å². The van der Waals surface area contributed by atoms with Crippen LogP contribution in [-0.2, 0) is 0 Å². The lowest BCUT2D eigenvalue weighted by Gasteiger charge is -2.13. The molecule has 0 aromatic heterocycles. The Morgan fingerprint density at radius 3 is 1.73 bits per heavy atom. The Bertz CT molecular complexity index is 1100. The van der Waals surface area contributed by atoms with E-state index in [1.165, 1.54) is 32.4 Å². The van der Waals surface area contributed by atoms with Crippen LogP contribution in [0.2, 0.25) is 0 Å². The van der Waals surface area contributed by atoms with Gasteiger partial charge < -0.3 is 0 Å². The van der Waals surface area contributed by atoms with E-state index < -0.39 is 0 Å². The van der Waals surface area contributed by atoms with E-state index in [9.17, 15) is 0 Å². The molecule has 26 heavy (non-hydrogen) atoms. The first kappa shape index (κ1) is 16.4. The van der Waals surface area contributed by atoms with Crippen molar-refractivity contribution in [2.45, 2.75) is 4.90 Å². The van der Waals surface area contributed by atoms with Crippen molar-refractivity contribution in [1.82, 2.24) is 0 Å². The van der Waals surface area contributed by atoms with Gasteiger partial charge in [0, 0.05) is 4.90 Å². The van der Waals surface area contributed by atoms with E-state index in [1.54, 1.807) is 11.8 Å². The van der Waals surface area contributed by atoms with Crippen molar-refractivity contribution in [1.29, 1.82) is 5.26 Å². The van der Waals surface area contributed by atoms with Crippen LogP contribution in [0.15, 0.2) is 89.8 Å². The molecule has 4 aromatic carbocycles. The molecule has 0 heterocycles. The van der Waals surface area contributed by atoms with Crippen molar-refractivity contribution in [3.63, 3.8) is 0 Å². The molecule has 1 nitrogen and oxygen atoms in total. The zero-order valence-electron chi connectivity index (χ0n) is 14.4. The Hall–Kier alpha value is -3.02. The first-order valence-electron chi connectivity index (χ1n) is 8.47. The highest BCUT2D eigenvalue weighted by atomic mass is 32.2. The Kier molecular flexibility index (Phi) is 4.48. The van der Waals surface area contributed by atoms with Gasteiger partial charge in [0.2, 0.25) is 0 Å². The quantitative estimate of drug-likeness (QED) is 0.380. The number of thioether (sulfide) groups is 1. The Labute approximate surface area is 157 Å². The van der Waals surface area contributed by atoms with Crippen molar-refractivity contribution >= 4 is 22.5 Å². The molecule has 0 saturated heterocycles. The van der Waals surface area contributed by atoms with Crippen molar-refractivity contribution in [3.05, 3.63) is 90.5 Å². The molecule has 0 aliphatic heterocycles. The van der Waals surface area contributed by atoms with Gasteiger partial charge in [0.1, 0.15) is 0 Å². The van der Waals surface area contributed by atoms with Gasteiger partial charge in [-0.1, -0.05) is 60.7 Å². The monoisotopic (exact) mass is 351 g/mol. The number of hydrogen-bond donors (Lipinski definition) is 0. The van der Waals surface area contributed by atoms with E-state index in [4.69, 9.17) is 5.26 Å². The van der Waals surface area contributed by atoms with E-state index in [1.807, 2.05) is 24.3 Å². The van der Waals surface area contributed by atoms with Crippen LogP contribution >= 0.6 is 11.8 Å². The largest absolute Gasteiger partial charge is 0.192 e. The van der Waals surface area contributed by atoms with Gasteiger partial charge in [0.05, 0.1) is 11.6 Å². The molecule has 0 N–H and O–H groups in total. The zero-order valence-corrected chi connectivity index (χ0v) is 15.3. The van der Waals surface area contributed by atoms with Crippen LogP contribution in [0.1, 0.15) is 5.56 Å². The number of nitrogens with zero attached hydrogens (tertiary/aromatic N) is 1. The molecular formula is C24H17NS. The van der Waals surface area contributed by atoms with Crippen molar-refractivity contribution in [2.24, 2.45) is 0 Å². The molecule has 0 unspecified atom stereocenters. The lowest BCUT2D eigenvalue weighted by Crippen LogP contribution is -1.87. The number of benzene rings is 4. The van der Waals surface area contributed by atoms with Crippen LogP contribution in [0.3, 0.4) is 0 Å². The fourth-order valence-electron chi connectivity index (χ4n) is 3.32. The maximum absolute atomic E-state index is 9.05. The lowest BCUT2D eigenvalue weighted by molar-refractivity contribution is 1.47. The van der Waals surface area contributed by atoms with Crippen LogP contribution in [0.5, 0.6) is 0 Å². The molecule has 0 aliphatic rings. The third kappa shape index (κ3) is 2.98. The fraction of sp³-hybridized carbons (Fsp3) is 0.0417. The second kappa shape index (κ2) is 7.07. The number of rotatable bonds is 3. The van der Waals surface area contributed by atoms with Gasteiger partial charge in [-0.25, -0.2) is 0 Å². The Morgan fingerprint density at radius 2 is 1.23 bits per heavy atom. The SMILES string of the molecule is CSc1ccc(-c2cccc3cccc(-c4ccc(C#N)cc4)c23)cc1. The number of fused-ring (bicyclic) bond motifs is 1. The minimum absolute atomic E-state index is 0.682. The highest BCUT2D eigenvalue weighted by Crippen LogP contribution is 2.36. The zero-order chi connectivity index (χ0) is 17.9. The van der Waals surface area contributed by atoms with Crippen molar-refractivity contribution in [2.75, 3.05) is 6.26 Å². The van der Waals surface area contributed by atoms with E-state index in [-0.39, 0.29) is 0 Å². The molecule has 2 heteroatoms. The molecule has 4 aromatic rings. The third-order valence-electron chi connectivity index (χ3n) is 4.63. The summed E-state index contributed by atoms with van der Waals surface area (Å²) in [6.45, 7) is 0. The Morgan fingerprint density at radius 1 is 0.692 bits per heavy atom. The summed E-state index contributed by atoms with van der Waals surface area (Å²) in [7, 11) is 0. The van der Waals surface area contributed by atoms with E-state index in [0.29, 0.717) is 5.56 Å². The number of hydrogen-bond acceptors (Lipinski definition) is 2. The minimum Gasteiger partial charge on any atom is -0.192 e. The molecule has 0 amide bonds. The van der Waals surface area contributed by atoms with Crippen LogP contribution in [0, 0.1) is 11.3 Å². The van der Waals surface area contributed by atoms with Crippen LogP contribution in [0.25, 0.3) is 33.0 Å². The maximum Gasteiger partial charge on any atom is 0.0991 e. The summed E-state index contributed by atoms with van der Waals surface area (Å²) in [4.78, 5) is 1.27. The summed E-state index contributed by atoms with van der Waals surface area (Å²) in [5, 5.41) is 11.5. The average Bonchev–Trinajstić information content (AvgIpc) is 2.73. The van der Waals surface area contributed by atoms with E-state index in [0.717, 1.165) is 5.56 Å². The van der Waals surface area contributed by atoms with Crippen LogP contribution in [-0.4, -0.2) is 6.26 Å². The molecule has 0 saturated carbocycles. The summed E-state index contributed by atoms with van der Waals surface area (Å²) < 4.78 is 0. The van der Waals surface area contributed by atoms with Crippen molar-refractivity contribution < 1.29 is 0 Å². The molecular weight excluding hydrogens is 334 g/mol. The minimum atomic E-state index is 0.682. The highest BCUT2D eigenvalue weighted by Gasteiger charge is 2.10. The van der Waals surface area contributed by atoms with E-state index >= 15 is 0 Å². The van der Waals surface area contributed by atoms with E-state index in [2.05, 4.69) is 73.0 Å². The topological polar surface area (TPSA) is 23.8 Å². The Balaban J connectivity index is 1.95. The predicted octanol–water partition coefficient (Wildman–Crippen LogP) is 6.77. The standard InChI is InChI=1S/C24H17NS/c1-26-21-14-12-19(13-15-21)23-7-3-5-20-4-2-6-22(24(20)23)18-10-8-17(16-25)9-11-18/h2-15H,1H3. The molecule has 0 radical (unpaired) electrons.